The average molecular weight is 400 g/mol. The van der Waals surface area contributed by atoms with Gasteiger partial charge >= 0.3 is 0 Å². The van der Waals surface area contributed by atoms with Gasteiger partial charge in [0.15, 0.2) is 0 Å². The second kappa shape index (κ2) is 9.81. The fourth-order valence-electron chi connectivity index (χ4n) is 3.96. The molecule has 1 unspecified atom stereocenters. The molecule has 2 aromatic rings. The number of benzene rings is 1. The number of hydrogen-bond acceptors (Lipinski definition) is 3. The molecule has 0 saturated carbocycles. The van der Waals surface area contributed by atoms with Crippen molar-refractivity contribution in [2.45, 2.75) is 52.4 Å². The molecule has 1 aliphatic rings. The molecule has 2 amide bonds. The monoisotopic (exact) mass is 399 g/mol. The van der Waals surface area contributed by atoms with E-state index in [9.17, 15) is 14.0 Å². The third-order valence-corrected chi connectivity index (χ3v) is 5.54. The molecule has 1 aromatic carbocycles. The lowest BCUT2D eigenvalue weighted by Crippen LogP contribution is -2.45. The summed E-state index contributed by atoms with van der Waals surface area (Å²) in [5.74, 6) is -0.627. The number of nitrogens with one attached hydrogen (secondary N) is 1. The van der Waals surface area contributed by atoms with E-state index < -0.39 is 0 Å². The SMILES string of the molecule is CCCCCCNC(=O)C1CCCN(C(=O)c2cc(C)nc3cc(F)ccc23)C1. The Labute approximate surface area is 171 Å². The fourth-order valence-corrected chi connectivity index (χ4v) is 3.96. The van der Waals surface area contributed by atoms with Gasteiger partial charge in [-0.25, -0.2) is 4.39 Å². The lowest BCUT2D eigenvalue weighted by atomic mass is 9.96. The van der Waals surface area contributed by atoms with Crippen molar-refractivity contribution in [3.8, 4) is 0 Å². The van der Waals surface area contributed by atoms with Crippen LogP contribution in [0.25, 0.3) is 10.9 Å². The molecule has 6 heteroatoms. The largest absolute Gasteiger partial charge is 0.356 e. The third kappa shape index (κ3) is 5.31. The van der Waals surface area contributed by atoms with Crippen LogP contribution in [0, 0.1) is 18.7 Å². The summed E-state index contributed by atoms with van der Waals surface area (Å²) in [4.78, 5) is 31.9. The number of hydrogen-bond donors (Lipinski definition) is 1. The Morgan fingerprint density at radius 1 is 1.24 bits per heavy atom. The molecule has 5 nitrogen and oxygen atoms in total. The summed E-state index contributed by atoms with van der Waals surface area (Å²) >= 11 is 0. The van der Waals surface area contributed by atoms with Gasteiger partial charge in [-0.15, -0.1) is 0 Å². The maximum atomic E-state index is 13.6. The van der Waals surface area contributed by atoms with Crippen LogP contribution in [-0.4, -0.2) is 41.3 Å². The number of unbranched alkanes of at least 4 members (excludes halogenated alkanes) is 3. The molecule has 156 valence electrons. The van der Waals surface area contributed by atoms with Gasteiger partial charge in [0.25, 0.3) is 5.91 Å². The average Bonchev–Trinajstić information content (AvgIpc) is 2.72. The number of aryl methyl sites for hydroxylation is 1. The van der Waals surface area contributed by atoms with Crippen molar-refractivity contribution in [3.63, 3.8) is 0 Å². The summed E-state index contributed by atoms with van der Waals surface area (Å²) in [5, 5.41) is 3.67. The topological polar surface area (TPSA) is 62.3 Å². The maximum Gasteiger partial charge on any atom is 0.254 e. The normalized spacial score (nSPS) is 16.8. The van der Waals surface area contributed by atoms with Gasteiger partial charge in [-0.1, -0.05) is 26.2 Å². The minimum Gasteiger partial charge on any atom is -0.356 e. The van der Waals surface area contributed by atoms with E-state index in [1.165, 1.54) is 25.0 Å². The van der Waals surface area contributed by atoms with E-state index in [1.807, 2.05) is 0 Å². The summed E-state index contributed by atoms with van der Waals surface area (Å²) in [7, 11) is 0. The molecule has 0 radical (unpaired) electrons. The van der Waals surface area contributed by atoms with Crippen molar-refractivity contribution >= 4 is 22.7 Å². The minimum absolute atomic E-state index is 0.0387. The van der Waals surface area contributed by atoms with Crippen molar-refractivity contribution in [3.05, 3.63) is 41.3 Å². The first-order valence-corrected chi connectivity index (χ1v) is 10.6. The zero-order valence-electron chi connectivity index (χ0n) is 17.3. The highest BCUT2D eigenvalue weighted by Crippen LogP contribution is 2.24. The molecule has 1 fully saturated rings. The summed E-state index contributed by atoms with van der Waals surface area (Å²) < 4.78 is 13.6. The van der Waals surface area contributed by atoms with Gasteiger partial charge in [-0.05, 0) is 44.4 Å². The standard InChI is InChI=1S/C23H30FN3O2/c1-3-4-5-6-11-25-22(28)17-8-7-12-27(15-17)23(29)20-13-16(2)26-21-14-18(24)9-10-19(20)21/h9-10,13-14,17H,3-8,11-12,15H2,1-2H3,(H,25,28). The van der Waals surface area contributed by atoms with Crippen LogP contribution in [0.3, 0.4) is 0 Å². The number of carbonyl (C=O) groups excluding carboxylic acids is 2. The number of carbonyl (C=O) groups is 2. The van der Waals surface area contributed by atoms with Crippen LogP contribution in [0.1, 0.15) is 61.5 Å². The number of fused-ring (bicyclic) bond motifs is 1. The highest BCUT2D eigenvalue weighted by Gasteiger charge is 2.29. The van der Waals surface area contributed by atoms with Gasteiger partial charge in [0.05, 0.1) is 17.0 Å². The predicted molar refractivity (Wildman–Crippen MR) is 112 cm³/mol. The van der Waals surface area contributed by atoms with Gasteiger partial charge in [-0.2, -0.15) is 0 Å². The molecule has 29 heavy (non-hydrogen) atoms. The number of likely N-dealkylation sites (tertiary alicyclic amines) is 1. The Kier molecular flexibility index (Phi) is 7.18. The highest BCUT2D eigenvalue weighted by atomic mass is 19.1. The molecule has 1 atom stereocenters. The molecule has 0 spiro atoms. The van der Waals surface area contributed by atoms with Crippen LogP contribution < -0.4 is 5.32 Å². The Morgan fingerprint density at radius 3 is 2.86 bits per heavy atom. The van der Waals surface area contributed by atoms with Gasteiger partial charge in [-0.3, -0.25) is 14.6 Å². The second-order valence-electron chi connectivity index (χ2n) is 7.91. The van der Waals surface area contributed by atoms with Crippen molar-refractivity contribution in [2.24, 2.45) is 5.92 Å². The van der Waals surface area contributed by atoms with Gasteiger partial charge in [0.2, 0.25) is 5.91 Å². The van der Waals surface area contributed by atoms with E-state index in [1.54, 1.807) is 24.0 Å². The lowest BCUT2D eigenvalue weighted by Gasteiger charge is -2.32. The first-order valence-electron chi connectivity index (χ1n) is 10.6. The van der Waals surface area contributed by atoms with Crippen LogP contribution in [0.5, 0.6) is 0 Å². The Bertz CT molecular complexity index is 879. The van der Waals surface area contributed by atoms with E-state index in [2.05, 4.69) is 17.2 Å². The molecule has 1 N–H and O–H groups in total. The molecule has 2 heterocycles. The summed E-state index contributed by atoms with van der Waals surface area (Å²) in [6.45, 7) is 5.71. The quantitative estimate of drug-likeness (QED) is 0.709. The van der Waals surface area contributed by atoms with Gasteiger partial charge < -0.3 is 10.2 Å². The van der Waals surface area contributed by atoms with E-state index in [4.69, 9.17) is 0 Å². The minimum atomic E-state index is -0.373. The van der Waals surface area contributed by atoms with Crippen LogP contribution in [-0.2, 0) is 4.79 Å². The van der Waals surface area contributed by atoms with E-state index in [0.717, 1.165) is 25.7 Å². The molecular weight excluding hydrogens is 369 g/mol. The Hall–Kier alpha value is -2.50. The number of pyridine rings is 1. The summed E-state index contributed by atoms with van der Waals surface area (Å²) in [5.41, 5.74) is 1.67. The molecule has 1 saturated heterocycles. The predicted octanol–water partition coefficient (Wildman–Crippen LogP) is 4.23. The summed E-state index contributed by atoms with van der Waals surface area (Å²) in [6, 6.07) is 6.06. The van der Waals surface area contributed by atoms with Crippen LogP contribution in [0.15, 0.2) is 24.3 Å². The first-order chi connectivity index (χ1) is 14.0. The van der Waals surface area contributed by atoms with E-state index in [0.29, 0.717) is 41.8 Å². The molecule has 3 rings (SSSR count). The van der Waals surface area contributed by atoms with E-state index in [-0.39, 0.29) is 23.5 Å². The number of piperidine rings is 1. The van der Waals surface area contributed by atoms with Crippen molar-refractivity contribution in [1.82, 2.24) is 15.2 Å². The van der Waals surface area contributed by atoms with Crippen molar-refractivity contribution in [2.75, 3.05) is 19.6 Å². The zero-order valence-corrected chi connectivity index (χ0v) is 17.3. The number of nitrogens with zero attached hydrogens (tertiary/aromatic N) is 2. The smallest absolute Gasteiger partial charge is 0.254 e. The molecule has 1 aromatic heterocycles. The second-order valence-corrected chi connectivity index (χ2v) is 7.91. The van der Waals surface area contributed by atoms with Crippen molar-refractivity contribution < 1.29 is 14.0 Å². The van der Waals surface area contributed by atoms with Crippen LogP contribution in [0.2, 0.25) is 0 Å². The molecule has 1 aliphatic heterocycles. The van der Waals surface area contributed by atoms with Crippen LogP contribution >= 0.6 is 0 Å². The van der Waals surface area contributed by atoms with Crippen LogP contribution in [0.4, 0.5) is 4.39 Å². The molecule has 0 aliphatic carbocycles. The molecular formula is C23H30FN3O2. The number of aromatic nitrogens is 1. The number of rotatable bonds is 7. The van der Waals surface area contributed by atoms with Gasteiger partial charge in [0, 0.05) is 36.8 Å². The van der Waals surface area contributed by atoms with E-state index >= 15 is 0 Å². The fraction of sp³-hybridized carbons (Fsp3) is 0.522. The zero-order chi connectivity index (χ0) is 20.8. The van der Waals surface area contributed by atoms with Gasteiger partial charge in [0.1, 0.15) is 5.82 Å². The maximum absolute atomic E-state index is 13.6. The highest BCUT2D eigenvalue weighted by molar-refractivity contribution is 6.06. The number of amides is 2. The lowest BCUT2D eigenvalue weighted by molar-refractivity contribution is -0.126. The third-order valence-electron chi connectivity index (χ3n) is 5.54. The first kappa shape index (κ1) is 21.2. The Balaban J connectivity index is 1.68. The Morgan fingerprint density at radius 2 is 2.07 bits per heavy atom. The number of halogens is 1. The molecule has 0 bridgehead atoms. The summed E-state index contributed by atoms with van der Waals surface area (Å²) in [6.07, 6.45) is 6.07. The van der Waals surface area contributed by atoms with Crippen molar-refractivity contribution in [1.29, 1.82) is 0 Å².